The Hall–Kier alpha value is -1.93. The number of nitrogens with zero attached hydrogens (tertiary/aromatic N) is 2. The molecule has 24 heavy (non-hydrogen) atoms. The van der Waals surface area contributed by atoms with Crippen molar-refractivity contribution in [2.24, 2.45) is 4.58 Å². The zero-order valence-corrected chi connectivity index (χ0v) is 14.3. The second-order valence-corrected chi connectivity index (χ2v) is 7.11. The molecule has 1 unspecified atom stereocenters. The molecule has 0 radical (unpaired) electrons. The molecule has 2 rings (SSSR count). The predicted molar refractivity (Wildman–Crippen MR) is 92.3 cm³/mol. The predicted octanol–water partition coefficient (Wildman–Crippen LogP) is 2.03. The number of rotatable bonds is 7. The van der Waals surface area contributed by atoms with Gasteiger partial charge in [-0.3, -0.25) is 9.69 Å². The van der Waals surface area contributed by atoms with Crippen LogP contribution in [0.3, 0.4) is 0 Å². The van der Waals surface area contributed by atoms with Crippen molar-refractivity contribution in [2.45, 2.75) is 37.1 Å². The first-order valence-corrected chi connectivity index (χ1v) is 8.51. The van der Waals surface area contributed by atoms with Gasteiger partial charge in [0, 0.05) is 30.0 Å². The van der Waals surface area contributed by atoms with Gasteiger partial charge in [-0.1, -0.05) is 30.3 Å². The summed E-state index contributed by atoms with van der Waals surface area (Å²) in [4.78, 5) is 36.0. The largest absolute Gasteiger partial charge is 0.480 e. The summed E-state index contributed by atoms with van der Waals surface area (Å²) >= 11 is 0.734. The Morgan fingerprint density at radius 1 is 1.33 bits per heavy atom. The molecule has 2 N–H and O–H groups in total. The number of nitrogens with one attached hydrogen (secondary N) is 1. The number of benzene rings is 1. The molecular formula is C16H21N3O4S. The SMILES string of the molecule is CC(=O)NC(C(=O)O)C1(SN=O)CCN(Cc2ccccc2)CC1. The quantitative estimate of drug-likeness (QED) is 0.576. The van der Waals surface area contributed by atoms with E-state index in [0.29, 0.717) is 25.9 Å². The van der Waals surface area contributed by atoms with Gasteiger partial charge in [-0.15, -0.1) is 4.91 Å². The number of carbonyl (C=O) groups is 2. The summed E-state index contributed by atoms with van der Waals surface area (Å²) in [5.41, 5.74) is 1.18. The van der Waals surface area contributed by atoms with Gasteiger partial charge in [0.2, 0.25) is 5.91 Å². The van der Waals surface area contributed by atoms with Crippen LogP contribution in [0.15, 0.2) is 34.9 Å². The van der Waals surface area contributed by atoms with Crippen LogP contribution >= 0.6 is 11.9 Å². The Morgan fingerprint density at radius 3 is 2.46 bits per heavy atom. The van der Waals surface area contributed by atoms with Crippen molar-refractivity contribution in [3.63, 3.8) is 0 Å². The van der Waals surface area contributed by atoms with Gasteiger partial charge < -0.3 is 10.4 Å². The highest BCUT2D eigenvalue weighted by Gasteiger charge is 2.47. The summed E-state index contributed by atoms with van der Waals surface area (Å²) < 4.78 is 1.97. The van der Waals surface area contributed by atoms with Crippen molar-refractivity contribution >= 4 is 23.8 Å². The van der Waals surface area contributed by atoms with Gasteiger partial charge in [-0.2, -0.15) is 0 Å². The topological polar surface area (TPSA) is 99.1 Å². The van der Waals surface area contributed by atoms with E-state index >= 15 is 0 Å². The molecular weight excluding hydrogens is 330 g/mol. The van der Waals surface area contributed by atoms with Crippen LogP contribution in [0.5, 0.6) is 0 Å². The first-order valence-electron chi connectivity index (χ1n) is 7.74. The zero-order chi connectivity index (χ0) is 17.6. The molecule has 0 bridgehead atoms. The first-order chi connectivity index (χ1) is 11.5. The molecule has 1 heterocycles. The molecule has 0 aromatic heterocycles. The molecule has 1 atom stereocenters. The minimum atomic E-state index is -1.14. The van der Waals surface area contributed by atoms with Crippen molar-refractivity contribution in [1.29, 1.82) is 0 Å². The standard InChI is InChI=1S/C16H21N3O4S/c1-12(20)17-14(15(21)22)16(24-18-23)7-9-19(10-8-16)11-13-5-3-2-4-6-13/h2-6,14H,7-11H2,1H3,(H,17,20)(H,21,22). The number of piperidine rings is 1. The Bertz CT molecular complexity index is 588. The summed E-state index contributed by atoms with van der Waals surface area (Å²) in [5.74, 6) is -1.57. The second kappa shape index (κ2) is 8.25. The van der Waals surface area contributed by atoms with Crippen LogP contribution in [0.1, 0.15) is 25.3 Å². The van der Waals surface area contributed by atoms with E-state index in [9.17, 15) is 19.6 Å². The third-order valence-corrected chi connectivity index (χ3v) is 5.37. The van der Waals surface area contributed by atoms with Crippen LogP contribution < -0.4 is 5.32 Å². The highest BCUT2D eigenvalue weighted by Crippen LogP contribution is 2.40. The van der Waals surface area contributed by atoms with E-state index in [4.69, 9.17) is 0 Å². The summed E-state index contributed by atoms with van der Waals surface area (Å²) in [6.45, 7) is 3.32. The number of likely N-dealkylation sites (tertiary alicyclic amines) is 1. The van der Waals surface area contributed by atoms with Crippen molar-refractivity contribution in [3.8, 4) is 0 Å². The van der Waals surface area contributed by atoms with Crippen LogP contribution in [0.4, 0.5) is 0 Å². The second-order valence-electron chi connectivity index (χ2n) is 5.96. The van der Waals surface area contributed by atoms with Crippen LogP contribution in [0, 0.1) is 4.91 Å². The van der Waals surface area contributed by atoms with Gasteiger partial charge in [0.1, 0.15) is 6.04 Å². The number of carboxylic acids is 1. The van der Waals surface area contributed by atoms with E-state index in [1.165, 1.54) is 12.5 Å². The number of hydrogen-bond acceptors (Lipinski definition) is 6. The minimum absolute atomic E-state index is 0.431. The Balaban J connectivity index is 2.08. The van der Waals surface area contributed by atoms with Gasteiger partial charge >= 0.3 is 5.97 Å². The van der Waals surface area contributed by atoms with E-state index in [-0.39, 0.29) is 0 Å². The van der Waals surface area contributed by atoms with Crippen LogP contribution in [0.25, 0.3) is 0 Å². The molecule has 0 saturated carbocycles. The molecule has 1 saturated heterocycles. The van der Waals surface area contributed by atoms with E-state index in [2.05, 4.69) is 14.8 Å². The lowest BCUT2D eigenvalue weighted by atomic mass is 9.87. The monoisotopic (exact) mass is 351 g/mol. The van der Waals surface area contributed by atoms with Gasteiger partial charge in [0.25, 0.3) is 0 Å². The lowest BCUT2D eigenvalue weighted by Gasteiger charge is -2.42. The molecule has 0 aliphatic carbocycles. The molecule has 0 spiro atoms. The van der Waals surface area contributed by atoms with Gasteiger partial charge in [0.15, 0.2) is 0 Å². The van der Waals surface area contributed by atoms with E-state index in [0.717, 1.165) is 18.5 Å². The maximum atomic E-state index is 11.6. The summed E-state index contributed by atoms with van der Waals surface area (Å²) in [6, 6.07) is 8.88. The van der Waals surface area contributed by atoms with Crippen LogP contribution in [-0.2, 0) is 16.1 Å². The molecule has 1 amide bonds. The van der Waals surface area contributed by atoms with Crippen molar-refractivity contribution < 1.29 is 14.7 Å². The number of hydrogen-bond donors (Lipinski definition) is 2. The lowest BCUT2D eigenvalue weighted by Crippen LogP contribution is -2.58. The highest BCUT2D eigenvalue weighted by atomic mass is 32.2. The zero-order valence-electron chi connectivity index (χ0n) is 13.5. The smallest absolute Gasteiger partial charge is 0.327 e. The Kier molecular flexibility index (Phi) is 6.33. The number of aliphatic carboxylic acids is 1. The van der Waals surface area contributed by atoms with Crippen molar-refractivity contribution in [2.75, 3.05) is 13.1 Å². The molecule has 1 aliphatic heterocycles. The van der Waals surface area contributed by atoms with Crippen molar-refractivity contribution in [3.05, 3.63) is 40.8 Å². The summed E-state index contributed by atoms with van der Waals surface area (Å²) in [5, 5.41) is 11.9. The molecule has 8 heteroatoms. The molecule has 1 fully saturated rings. The number of carboxylic acid groups (broad SMARTS) is 1. The van der Waals surface area contributed by atoms with E-state index in [1.807, 2.05) is 30.3 Å². The fraction of sp³-hybridized carbons (Fsp3) is 0.500. The molecule has 1 aromatic carbocycles. The van der Waals surface area contributed by atoms with E-state index < -0.39 is 22.7 Å². The van der Waals surface area contributed by atoms with Crippen LogP contribution in [0.2, 0.25) is 0 Å². The average molecular weight is 351 g/mol. The maximum Gasteiger partial charge on any atom is 0.327 e. The number of amides is 1. The number of nitroso groups, excluding NO2 is 1. The van der Waals surface area contributed by atoms with Gasteiger partial charge in [-0.25, -0.2) is 4.79 Å². The fourth-order valence-electron chi connectivity index (χ4n) is 3.06. The minimum Gasteiger partial charge on any atom is -0.480 e. The molecule has 1 aromatic rings. The highest BCUT2D eigenvalue weighted by molar-refractivity contribution is 7.99. The van der Waals surface area contributed by atoms with Gasteiger partial charge in [-0.05, 0) is 31.5 Å². The average Bonchev–Trinajstić information content (AvgIpc) is 2.55. The fourth-order valence-corrected chi connectivity index (χ4v) is 3.84. The molecule has 1 aliphatic rings. The Labute approximate surface area is 144 Å². The van der Waals surface area contributed by atoms with Crippen molar-refractivity contribution in [1.82, 2.24) is 10.2 Å². The molecule has 7 nitrogen and oxygen atoms in total. The summed E-state index contributed by atoms with van der Waals surface area (Å²) in [6.07, 6.45) is 0.932. The van der Waals surface area contributed by atoms with Crippen LogP contribution in [-0.4, -0.2) is 45.8 Å². The van der Waals surface area contributed by atoms with Gasteiger partial charge in [0.05, 0.1) is 4.75 Å². The van der Waals surface area contributed by atoms with E-state index in [1.54, 1.807) is 0 Å². The third kappa shape index (κ3) is 4.55. The summed E-state index contributed by atoms with van der Waals surface area (Å²) in [7, 11) is 0. The third-order valence-electron chi connectivity index (χ3n) is 4.29. The normalized spacial score (nSPS) is 18.5. The maximum absolute atomic E-state index is 11.6. The Morgan fingerprint density at radius 2 is 1.96 bits per heavy atom. The first kappa shape index (κ1) is 18.4. The molecule has 130 valence electrons. The lowest BCUT2D eigenvalue weighted by molar-refractivity contribution is -0.143. The number of carbonyl (C=O) groups excluding carboxylic acids is 1.